The van der Waals surface area contributed by atoms with Crippen LogP contribution in [0.5, 0.6) is 5.75 Å². The van der Waals surface area contributed by atoms with E-state index in [1.807, 2.05) is 18.2 Å². The van der Waals surface area contributed by atoms with Crippen LogP contribution in [0, 0.1) is 0 Å². The summed E-state index contributed by atoms with van der Waals surface area (Å²) in [5, 5.41) is 5.83. The Morgan fingerprint density at radius 3 is 2.89 bits per heavy atom. The average Bonchev–Trinajstić information content (AvgIpc) is 2.38. The molecule has 0 atom stereocenters. The Kier molecular flexibility index (Phi) is 6.75. The topological polar surface area (TPSA) is 50.4 Å². The number of hydrogen-bond acceptors (Lipinski definition) is 3. The van der Waals surface area contributed by atoms with Crippen molar-refractivity contribution in [3.8, 4) is 5.75 Å². The highest BCUT2D eigenvalue weighted by molar-refractivity contribution is 9.10. The normalized spacial score (nSPS) is 10.2. The Labute approximate surface area is 116 Å². The number of halogens is 1. The lowest BCUT2D eigenvalue weighted by Crippen LogP contribution is -2.20. The van der Waals surface area contributed by atoms with Crippen molar-refractivity contribution in [3.05, 3.63) is 28.2 Å². The second-order valence-corrected chi connectivity index (χ2v) is 4.63. The van der Waals surface area contributed by atoms with Gasteiger partial charge in [-0.25, -0.2) is 0 Å². The molecular weight excluding hydrogens is 296 g/mol. The van der Waals surface area contributed by atoms with Crippen molar-refractivity contribution in [2.45, 2.75) is 19.9 Å². The van der Waals surface area contributed by atoms with E-state index < -0.39 is 0 Å². The van der Waals surface area contributed by atoms with Crippen LogP contribution in [0.1, 0.15) is 18.9 Å². The number of carbonyl (C=O) groups is 1. The zero-order valence-electron chi connectivity index (χ0n) is 10.8. The van der Waals surface area contributed by atoms with Crippen LogP contribution in [0.3, 0.4) is 0 Å². The Morgan fingerprint density at radius 2 is 2.22 bits per heavy atom. The number of amides is 1. The summed E-state index contributed by atoms with van der Waals surface area (Å²) < 4.78 is 6.60. The van der Waals surface area contributed by atoms with Gasteiger partial charge in [-0.3, -0.25) is 4.79 Å². The molecule has 18 heavy (non-hydrogen) atoms. The molecule has 1 amide bonds. The van der Waals surface area contributed by atoms with Crippen LogP contribution >= 0.6 is 15.9 Å². The van der Waals surface area contributed by atoms with Crippen LogP contribution in [0.25, 0.3) is 0 Å². The molecule has 1 rings (SSSR count). The number of rotatable bonds is 7. The minimum absolute atomic E-state index is 0.0183. The predicted octanol–water partition coefficient (Wildman–Crippen LogP) is 2.07. The van der Waals surface area contributed by atoms with Crippen molar-refractivity contribution < 1.29 is 9.53 Å². The highest BCUT2D eigenvalue weighted by atomic mass is 79.9. The number of para-hydroxylation sites is 1. The van der Waals surface area contributed by atoms with Gasteiger partial charge in [-0.1, -0.05) is 19.1 Å². The molecule has 0 radical (unpaired) electrons. The van der Waals surface area contributed by atoms with Gasteiger partial charge in [0.2, 0.25) is 5.91 Å². The highest BCUT2D eigenvalue weighted by Crippen LogP contribution is 2.29. The molecule has 0 fully saturated rings. The minimum atomic E-state index is -0.0183. The first kappa shape index (κ1) is 15.0. The molecule has 0 unspecified atom stereocenters. The van der Waals surface area contributed by atoms with Crippen molar-refractivity contribution in [1.82, 2.24) is 10.6 Å². The van der Waals surface area contributed by atoms with Gasteiger partial charge in [-0.2, -0.15) is 0 Å². The number of benzene rings is 1. The second-order valence-electron chi connectivity index (χ2n) is 3.78. The molecule has 4 nitrogen and oxygen atoms in total. The third-order valence-electron chi connectivity index (χ3n) is 2.47. The summed E-state index contributed by atoms with van der Waals surface area (Å²) >= 11 is 3.47. The van der Waals surface area contributed by atoms with Gasteiger partial charge in [0.05, 0.1) is 17.5 Å². The summed E-state index contributed by atoms with van der Waals surface area (Å²) in [6, 6.07) is 5.93. The molecule has 100 valence electrons. The monoisotopic (exact) mass is 314 g/mol. The van der Waals surface area contributed by atoms with E-state index in [4.69, 9.17) is 4.74 Å². The first-order chi connectivity index (χ1) is 8.69. The lowest BCUT2D eigenvalue weighted by Gasteiger charge is -2.13. The van der Waals surface area contributed by atoms with Crippen molar-refractivity contribution in [3.63, 3.8) is 0 Å². The van der Waals surface area contributed by atoms with E-state index in [0.717, 1.165) is 28.9 Å². The van der Waals surface area contributed by atoms with Crippen LogP contribution in [0.15, 0.2) is 22.7 Å². The smallest absolute Gasteiger partial charge is 0.223 e. The van der Waals surface area contributed by atoms with Crippen LogP contribution in [-0.2, 0) is 11.3 Å². The highest BCUT2D eigenvalue weighted by Gasteiger charge is 2.08. The molecule has 0 saturated carbocycles. The van der Waals surface area contributed by atoms with Gasteiger partial charge in [-0.15, -0.1) is 0 Å². The maximum Gasteiger partial charge on any atom is 0.223 e. The summed E-state index contributed by atoms with van der Waals surface area (Å²) in [6.07, 6.45) is 0.360. The molecule has 0 bridgehead atoms. The summed E-state index contributed by atoms with van der Waals surface area (Å²) in [5.74, 6) is 0.789. The SMILES string of the molecule is CCNCc1cccc(Br)c1OCCC(=O)NC. The molecule has 2 N–H and O–H groups in total. The summed E-state index contributed by atoms with van der Waals surface area (Å²) in [6.45, 7) is 4.10. The van der Waals surface area contributed by atoms with Gasteiger partial charge in [0, 0.05) is 19.2 Å². The van der Waals surface area contributed by atoms with Crippen molar-refractivity contribution in [2.24, 2.45) is 0 Å². The van der Waals surface area contributed by atoms with Crippen molar-refractivity contribution in [2.75, 3.05) is 20.2 Å². The van der Waals surface area contributed by atoms with Gasteiger partial charge in [0.1, 0.15) is 5.75 Å². The van der Waals surface area contributed by atoms with Crippen LogP contribution in [0.2, 0.25) is 0 Å². The first-order valence-electron chi connectivity index (χ1n) is 6.00. The summed E-state index contributed by atoms with van der Waals surface area (Å²) in [4.78, 5) is 11.1. The summed E-state index contributed by atoms with van der Waals surface area (Å²) in [7, 11) is 1.62. The van der Waals surface area contributed by atoms with Crippen molar-refractivity contribution >= 4 is 21.8 Å². The molecule has 0 aromatic heterocycles. The summed E-state index contributed by atoms with van der Waals surface area (Å²) in [5.41, 5.74) is 1.09. The Morgan fingerprint density at radius 1 is 1.44 bits per heavy atom. The maximum atomic E-state index is 11.1. The van der Waals surface area contributed by atoms with E-state index in [1.54, 1.807) is 7.05 Å². The molecule has 0 spiro atoms. The molecule has 0 aliphatic rings. The van der Waals surface area contributed by atoms with E-state index in [0.29, 0.717) is 13.0 Å². The molecule has 0 aliphatic carbocycles. The molecular formula is C13H19BrN2O2. The molecule has 0 heterocycles. The quantitative estimate of drug-likeness (QED) is 0.810. The van der Waals surface area contributed by atoms with Gasteiger partial charge in [0.25, 0.3) is 0 Å². The Hall–Kier alpha value is -1.07. The lowest BCUT2D eigenvalue weighted by atomic mass is 10.2. The average molecular weight is 315 g/mol. The van der Waals surface area contributed by atoms with E-state index >= 15 is 0 Å². The van der Waals surface area contributed by atoms with E-state index in [1.165, 1.54) is 0 Å². The predicted molar refractivity (Wildman–Crippen MR) is 75.7 cm³/mol. The Bertz CT molecular complexity index is 397. The largest absolute Gasteiger partial charge is 0.492 e. The number of nitrogens with one attached hydrogen (secondary N) is 2. The van der Waals surface area contributed by atoms with E-state index in [9.17, 15) is 4.79 Å². The first-order valence-corrected chi connectivity index (χ1v) is 6.79. The third kappa shape index (κ3) is 4.66. The zero-order valence-corrected chi connectivity index (χ0v) is 12.3. The van der Waals surface area contributed by atoms with Gasteiger partial charge >= 0.3 is 0 Å². The van der Waals surface area contributed by atoms with E-state index in [2.05, 4.69) is 33.5 Å². The van der Waals surface area contributed by atoms with Gasteiger partial charge < -0.3 is 15.4 Å². The number of carbonyl (C=O) groups excluding carboxylic acids is 1. The number of ether oxygens (including phenoxy) is 1. The zero-order chi connectivity index (χ0) is 13.4. The lowest BCUT2D eigenvalue weighted by molar-refractivity contribution is -0.121. The van der Waals surface area contributed by atoms with Crippen LogP contribution < -0.4 is 15.4 Å². The second kappa shape index (κ2) is 8.11. The molecule has 0 saturated heterocycles. The molecule has 1 aromatic carbocycles. The fourth-order valence-corrected chi connectivity index (χ4v) is 2.01. The molecule has 5 heteroatoms. The maximum absolute atomic E-state index is 11.1. The molecule has 0 aliphatic heterocycles. The van der Waals surface area contributed by atoms with E-state index in [-0.39, 0.29) is 5.91 Å². The fraction of sp³-hybridized carbons (Fsp3) is 0.462. The fourth-order valence-electron chi connectivity index (χ4n) is 1.48. The standard InChI is InChI=1S/C13H19BrN2O2/c1-3-16-9-10-5-4-6-11(14)13(10)18-8-7-12(17)15-2/h4-6,16H,3,7-9H2,1-2H3,(H,15,17). The minimum Gasteiger partial charge on any atom is -0.492 e. The van der Waals surface area contributed by atoms with Gasteiger partial charge in [-0.05, 0) is 28.5 Å². The Balaban J connectivity index is 2.64. The third-order valence-corrected chi connectivity index (χ3v) is 3.09. The van der Waals surface area contributed by atoms with Crippen molar-refractivity contribution in [1.29, 1.82) is 0 Å². The van der Waals surface area contributed by atoms with Crippen LogP contribution in [0.4, 0.5) is 0 Å². The van der Waals surface area contributed by atoms with Crippen LogP contribution in [-0.4, -0.2) is 26.1 Å². The molecule has 1 aromatic rings. The number of hydrogen-bond donors (Lipinski definition) is 2. The van der Waals surface area contributed by atoms with Gasteiger partial charge in [0.15, 0.2) is 0 Å².